The second kappa shape index (κ2) is 12.6. The van der Waals surface area contributed by atoms with Crippen LogP contribution in [0.1, 0.15) is 11.1 Å². The molecule has 2 aliphatic rings. The summed E-state index contributed by atoms with van der Waals surface area (Å²) in [4.78, 5) is 37.8. The first-order valence-corrected chi connectivity index (χ1v) is 13.2. The van der Waals surface area contributed by atoms with E-state index in [9.17, 15) is 19.5 Å². The van der Waals surface area contributed by atoms with Gasteiger partial charge in [0.25, 0.3) is 11.8 Å². The molecule has 3 atom stereocenters. The fourth-order valence-electron chi connectivity index (χ4n) is 4.21. The molecule has 2 heterocycles. The molecule has 3 unspecified atom stereocenters. The zero-order valence-electron chi connectivity index (χ0n) is 21.3. The van der Waals surface area contributed by atoms with Crippen LogP contribution >= 0.6 is 23.2 Å². The van der Waals surface area contributed by atoms with E-state index in [-0.39, 0.29) is 26.6 Å². The monoisotopic (exact) mass is 602 g/mol. The summed E-state index contributed by atoms with van der Waals surface area (Å²) in [5.74, 6) is -1.15. The Morgan fingerprint density at radius 2 is 1.59 bits per heavy atom. The van der Waals surface area contributed by atoms with Gasteiger partial charge in [-0.15, -0.1) is 0 Å². The molecular weight excluding hydrogens is 579 g/mol. The number of amides is 2. The van der Waals surface area contributed by atoms with Crippen LogP contribution in [0.3, 0.4) is 0 Å². The molecule has 11 nitrogen and oxygen atoms in total. The van der Waals surface area contributed by atoms with Crippen molar-refractivity contribution >= 4 is 46.7 Å². The highest BCUT2D eigenvalue weighted by Crippen LogP contribution is 2.34. The summed E-state index contributed by atoms with van der Waals surface area (Å²) in [6.07, 6.45) is -2.67. The number of carbonyl (C=O) groups excluding carboxylic acids is 2. The zero-order chi connectivity index (χ0) is 28.9. The van der Waals surface area contributed by atoms with Gasteiger partial charge < -0.3 is 39.4 Å². The quantitative estimate of drug-likeness (QED) is 0.316. The van der Waals surface area contributed by atoms with Gasteiger partial charge in [0.1, 0.15) is 25.2 Å². The van der Waals surface area contributed by atoms with Crippen LogP contribution in [-0.2, 0) is 36.9 Å². The topological polar surface area (TPSA) is 142 Å². The number of aliphatic carboxylic acids is 1. The molecule has 0 saturated carbocycles. The van der Waals surface area contributed by atoms with E-state index in [2.05, 4.69) is 10.6 Å². The second-order valence-electron chi connectivity index (χ2n) is 9.09. The largest absolute Gasteiger partial charge is 0.489 e. The Labute approximate surface area is 244 Å². The van der Waals surface area contributed by atoms with Gasteiger partial charge in [-0.1, -0.05) is 41.4 Å². The molecule has 0 spiro atoms. The Kier molecular flexibility index (Phi) is 8.79. The third-order valence-corrected chi connectivity index (χ3v) is 7.06. The van der Waals surface area contributed by atoms with Crippen molar-refractivity contribution in [3.8, 4) is 17.2 Å². The highest BCUT2D eigenvalue weighted by molar-refractivity contribution is 6.35. The third-order valence-electron chi connectivity index (χ3n) is 6.35. The van der Waals surface area contributed by atoms with Crippen LogP contribution in [0.25, 0.3) is 0 Å². The zero-order valence-corrected chi connectivity index (χ0v) is 22.8. The van der Waals surface area contributed by atoms with Crippen LogP contribution in [0.4, 0.5) is 5.69 Å². The fourth-order valence-corrected chi connectivity index (χ4v) is 4.72. The van der Waals surface area contributed by atoms with Gasteiger partial charge in [0.2, 0.25) is 6.79 Å². The summed E-state index contributed by atoms with van der Waals surface area (Å²) in [6, 6.07) is 15.4. The number of carbonyl (C=O) groups is 3. The molecule has 3 aromatic rings. The highest BCUT2D eigenvalue weighted by atomic mass is 35.5. The number of ether oxygens (including phenoxy) is 5. The predicted octanol–water partition coefficient (Wildman–Crippen LogP) is 3.79. The van der Waals surface area contributed by atoms with Crippen molar-refractivity contribution in [3.05, 3.63) is 81.8 Å². The SMILES string of the molecule is O=C(O)C(Cc1ccc(OCc2c(Cl)cccc2Cl)cc1)NC(=O)C1OCOC1C(=O)Nc1ccc2c(c1)OCO2. The average molecular weight is 603 g/mol. The van der Waals surface area contributed by atoms with Crippen molar-refractivity contribution in [3.63, 3.8) is 0 Å². The minimum Gasteiger partial charge on any atom is -0.489 e. The van der Waals surface area contributed by atoms with Gasteiger partial charge in [0, 0.05) is 33.8 Å². The lowest BCUT2D eigenvalue weighted by atomic mass is 10.0. The first kappa shape index (κ1) is 28.5. The van der Waals surface area contributed by atoms with E-state index in [1.807, 2.05) is 0 Å². The van der Waals surface area contributed by atoms with Crippen molar-refractivity contribution in [2.24, 2.45) is 0 Å². The first-order valence-electron chi connectivity index (χ1n) is 12.4. The maximum atomic E-state index is 13.0. The van der Waals surface area contributed by atoms with Gasteiger partial charge in [0.05, 0.1) is 0 Å². The van der Waals surface area contributed by atoms with E-state index in [0.29, 0.717) is 44.1 Å². The van der Waals surface area contributed by atoms with Crippen LogP contribution in [0, 0.1) is 0 Å². The molecule has 3 aromatic carbocycles. The molecule has 13 heteroatoms. The Morgan fingerprint density at radius 3 is 2.29 bits per heavy atom. The number of anilines is 1. The van der Waals surface area contributed by atoms with Crippen molar-refractivity contribution in [1.82, 2.24) is 5.32 Å². The number of halogens is 2. The summed E-state index contributed by atoms with van der Waals surface area (Å²) in [5, 5.41) is 15.8. The lowest BCUT2D eigenvalue weighted by Crippen LogP contribution is -2.51. The number of carboxylic acids is 1. The second-order valence-corrected chi connectivity index (χ2v) is 9.90. The lowest BCUT2D eigenvalue weighted by molar-refractivity contribution is -0.144. The predicted molar refractivity (Wildman–Crippen MR) is 146 cm³/mol. The minimum atomic E-state index is -1.35. The van der Waals surface area contributed by atoms with Crippen LogP contribution in [-0.4, -0.2) is 54.7 Å². The highest BCUT2D eigenvalue weighted by Gasteiger charge is 2.41. The van der Waals surface area contributed by atoms with Crippen molar-refractivity contribution in [2.75, 3.05) is 18.9 Å². The molecular formula is C28H24Cl2N2O9. The van der Waals surface area contributed by atoms with E-state index < -0.39 is 36.0 Å². The van der Waals surface area contributed by atoms with Gasteiger partial charge in [-0.2, -0.15) is 0 Å². The van der Waals surface area contributed by atoms with Gasteiger partial charge in [-0.05, 0) is 42.0 Å². The molecule has 0 aliphatic carbocycles. The number of fused-ring (bicyclic) bond motifs is 1. The number of benzene rings is 3. The molecule has 41 heavy (non-hydrogen) atoms. The number of hydrogen-bond acceptors (Lipinski definition) is 8. The van der Waals surface area contributed by atoms with Crippen molar-refractivity contribution in [2.45, 2.75) is 31.3 Å². The molecule has 5 rings (SSSR count). The van der Waals surface area contributed by atoms with Gasteiger partial charge in [-0.25, -0.2) is 4.79 Å². The molecule has 2 amide bonds. The summed E-state index contributed by atoms with van der Waals surface area (Å²) in [6.45, 7) is -0.0788. The molecule has 1 saturated heterocycles. The van der Waals surface area contributed by atoms with Crippen LogP contribution in [0.2, 0.25) is 10.0 Å². The minimum absolute atomic E-state index is 0.0284. The fraction of sp³-hybridized carbons (Fsp3) is 0.250. The van der Waals surface area contributed by atoms with Gasteiger partial charge in [0.15, 0.2) is 23.7 Å². The number of nitrogens with one attached hydrogen (secondary N) is 2. The van der Waals surface area contributed by atoms with E-state index >= 15 is 0 Å². The smallest absolute Gasteiger partial charge is 0.326 e. The Hall–Kier alpha value is -4.03. The molecule has 214 valence electrons. The van der Waals surface area contributed by atoms with E-state index in [0.717, 1.165) is 0 Å². The number of hydrogen-bond donors (Lipinski definition) is 3. The van der Waals surface area contributed by atoms with Crippen LogP contribution in [0.15, 0.2) is 60.7 Å². The summed E-state index contributed by atoms with van der Waals surface area (Å²) >= 11 is 12.4. The van der Waals surface area contributed by atoms with Crippen molar-refractivity contribution < 1.29 is 43.2 Å². The summed E-state index contributed by atoms with van der Waals surface area (Å²) < 4.78 is 27.0. The van der Waals surface area contributed by atoms with E-state index in [4.69, 9.17) is 46.9 Å². The molecule has 3 N–H and O–H groups in total. The first-order chi connectivity index (χ1) is 19.8. The van der Waals surface area contributed by atoms with E-state index in [1.54, 1.807) is 60.7 Å². The number of carboxylic acid groups (broad SMARTS) is 1. The lowest BCUT2D eigenvalue weighted by Gasteiger charge is -2.20. The Morgan fingerprint density at radius 1 is 0.902 bits per heavy atom. The van der Waals surface area contributed by atoms with Crippen molar-refractivity contribution in [1.29, 1.82) is 0 Å². The molecule has 1 fully saturated rings. The molecule has 0 bridgehead atoms. The van der Waals surface area contributed by atoms with Gasteiger partial charge >= 0.3 is 5.97 Å². The normalized spacial score (nSPS) is 18.0. The maximum Gasteiger partial charge on any atom is 0.326 e. The average Bonchev–Trinajstić information content (AvgIpc) is 3.63. The standard InChI is InChI=1S/C28H24Cl2N2O9/c29-19-2-1-3-20(30)18(19)12-37-17-7-4-15(5-8-17)10-21(28(35)36)32-27(34)25-24(40-14-41-25)26(33)31-16-6-9-22-23(11-16)39-13-38-22/h1-9,11,21,24-25H,10,12-14H2,(H,31,33)(H,32,34)(H,35,36). The maximum absolute atomic E-state index is 13.0. The molecule has 2 aliphatic heterocycles. The number of rotatable bonds is 10. The van der Waals surface area contributed by atoms with Crippen LogP contribution < -0.4 is 24.8 Å². The summed E-state index contributed by atoms with van der Waals surface area (Å²) in [7, 11) is 0. The molecule has 0 aromatic heterocycles. The van der Waals surface area contributed by atoms with Crippen LogP contribution in [0.5, 0.6) is 17.2 Å². The van der Waals surface area contributed by atoms with Gasteiger partial charge in [-0.3, -0.25) is 9.59 Å². The Bertz CT molecular complexity index is 1430. The van der Waals surface area contributed by atoms with E-state index in [1.165, 1.54) is 0 Å². The Balaban J connectivity index is 1.17. The third kappa shape index (κ3) is 6.83. The summed E-state index contributed by atoms with van der Waals surface area (Å²) in [5.41, 5.74) is 1.68. The molecule has 0 radical (unpaired) electrons.